The van der Waals surface area contributed by atoms with Crippen molar-refractivity contribution in [3.05, 3.63) is 0 Å². The quantitative estimate of drug-likeness (QED) is 0.731. The standard InChI is InChI=1S/C11H20N2O4S/c1-2-17-11(14)9-4-3-7-13(8-9)18(15,16)12-10-5-6-10/h9-10,12H,2-8H2,1H3. The Hall–Kier alpha value is -0.660. The molecule has 0 radical (unpaired) electrons. The van der Waals surface area contributed by atoms with Crippen LogP contribution in [0.5, 0.6) is 0 Å². The van der Waals surface area contributed by atoms with Crippen LogP contribution in [0.3, 0.4) is 0 Å². The Morgan fingerprint density at radius 2 is 2.11 bits per heavy atom. The maximum Gasteiger partial charge on any atom is 0.310 e. The molecule has 1 aliphatic heterocycles. The highest BCUT2D eigenvalue weighted by Gasteiger charge is 2.36. The number of ether oxygens (including phenoxy) is 1. The van der Waals surface area contributed by atoms with Gasteiger partial charge in [-0.15, -0.1) is 0 Å². The summed E-state index contributed by atoms with van der Waals surface area (Å²) in [6.07, 6.45) is 3.23. The van der Waals surface area contributed by atoms with Crippen molar-refractivity contribution >= 4 is 16.2 Å². The van der Waals surface area contributed by atoms with Gasteiger partial charge in [-0.3, -0.25) is 4.79 Å². The van der Waals surface area contributed by atoms with E-state index in [2.05, 4.69) is 4.72 Å². The zero-order valence-electron chi connectivity index (χ0n) is 10.6. The monoisotopic (exact) mass is 276 g/mol. The Balaban J connectivity index is 1.94. The zero-order chi connectivity index (χ0) is 13.2. The summed E-state index contributed by atoms with van der Waals surface area (Å²) in [6, 6.07) is 0.0953. The van der Waals surface area contributed by atoms with Gasteiger partial charge in [-0.25, -0.2) is 0 Å². The molecule has 1 unspecified atom stereocenters. The molecule has 2 rings (SSSR count). The number of nitrogens with zero attached hydrogens (tertiary/aromatic N) is 1. The second-order valence-corrected chi connectivity index (χ2v) is 6.55. The smallest absolute Gasteiger partial charge is 0.310 e. The average Bonchev–Trinajstić information content (AvgIpc) is 3.13. The zero-order valence-corrected chi connectivity index (χ0v) is 11.4. The van der Waals surface area contributed by atoms with E-state index < -0.39 is 10.2 Å². The van der Waals surface area contributed by atoms with Crippen LogP contribution in [0.2, 0.25) is 0 Å². The van der Waals surface area contributed by atoms with Gasteiger partial charge in [0.15, 0.2) is 0 Å². The molecule has 0 aromatic heterocycles. The minimum atomic E-state index is -3.43. The van der Waals surface area contributed by atoms with Crippen LogP contribution in [0.4, 0.5) is 0 Å². The minimum absolute atomic E-state index is 0.0953. The molecular weight excluding hydrogens is 256 g/mol. The van der Waals surface area contributed by atoms with Crippen LogP contribution in [0.1, 0.15) is 32.6 Å². The first-order valence-electron chi connectivity index (χ1n) is 6.47. The number of nitrogens with one attached hydrogen (secondary N) is 1. The van der Waals surface area contributed by atoms with Crippen LogP contribution in [0.15, 0.2) is 0 Å². The van der Waals surface area contributed by atoms with Crippen molar-refractivity contribution in [2.75, 3.05) is 19.7 Å². The third kappa shape index (κ3) is 3.43. The molecule has 2 aliphatic rings. The third-order valence-corrected chi connectivity index (χ3v) is 4.88. The van der Waals surface area contributed by atoms with E-state index in [9.17, 15) is 13.2 Å². The van der Waals surface area contributed by atoms with E-state index in [0.29, 0.717) is 26.0 Å². The molecule has 2 fully saturated rings. The number of carbonyl (C=O) groups excluding carboxylic acids is 1. The van der Waals surface area contributed by atoms with Crippen molar-refractivity contribution in [1.82, 2.24) is 9.03 Å². The van der Waals surface area contributed by atoms with Crippen molar-refractivity contribution in [3.63, 3.8) is 0 Å². The molecule has 1 aliphatic carbocycles. The number of carbonyl (C=O) groups is 1. The first kappa shape index (κ1) is 13.8. The topological polar surface area (TPSA) is 75.7 Å². The fraction of sp³-hybridized carbons (Fsp3) is 0.909. The summed E-state index contributed by atoms with van der Waals surface area (Å²) in [6.45, 7) is 2.81. The van der Waals surface area contributed by atoms with Gasteiger partial charge in [0.05, 0.1) is 12.5 Å². The fourth-order valence-electron chi connectivity index (χ4n) is 2.10. The van der Waals surface area contributed by atoms with Crippen molar-refractivity contribution in [2.45, 2.75) is 38.6 Å². The van der Waals surface area contributed by atoms with Crippen LogP contribution in [0.25, 0.3) is 0 Å². The molecular formula is C11H20N2O4S. The summed E-state index contributed by atoms with van der Waals surface area (Å²) < 4.78 is 33.0. The number of piperidine rings is 1. The van der Waals surface area contributed by atoms with Gasteiger partial charge in [0.25, 0.3) is 10.2 Å². The van der Waals surface area contributed by atoms with E-state index in [-0.39, 0.29) is 24.5 Å². The minimum Gasteiger partial charge on any atom is -0.466 e. The van der Waals surface area contributed by atoms with E-state index in [1.807, 2.05) is 0 Å². The molecule has 104 valence electrons. The Kier molecular flexibility index (Phi) is 4.24. The lowest BCUT2D eigenvalue weighted by molar-refractivity contribution is -0.149. The van der Waals surface area contributed by atoms with Crippen LogP contribution in [-0.2, 0) is 19.7 Å². The molecule has 0 bridgehead atoms. The fourth-order valence-corrected chi connectivity index (χ4v) is 3.65. The molecule has 0 amide bonds. The van der Waals surface area contributed by atoms with Crippen molar-refractivity contribution in [1.29, 1.82) is 0 Å². The highest BCUT2D eigenvalue weighted by molar-refractivity contribution is 7.87. The Bertz CT molecular complexity index is 405. The van der Waals surface area contributed by atoms with Gasteiger partial charge in [-0.2, -0.15) is 17.4 Å². The molecule has 7 heteroatoms. The molecule has 1 saturated carbocycles. The van der Waals surface area contributed by atoms with E-state index in [1.165, 1.54) is 4.31 Å². The summed E-state index contributed by atoms with van der Waals surface area (Å²) in [5, 5.41) is 0. The SMILES string of the molecule is CCOC(=O)C1CCCN(S(=O)(=O)NC2CC2)C1. The molecule has 1 heterocycles. The number of hydrogen-bond acceptors (Lipinski definition) is 4. The Morgan fingerprint density at radius 1 is 1.39 bits per heavy atom. The van der Waals surface area contributed by atoms with Gasteiger partial charge < -0.3 is 4.74 Å². The Labute approximate surface area is 108 Å². The highest BCUT2D eigenvalue weighted by Crippen LogP contribution is 2.24. The Morgan fingerprint density at radius 3 is 2.72 bits per heavy atom. The molecule has 1 N–H and O–H groups in total. The maximum absolute atomic E-state index is 12.0. The molecule has 1 atom stereocenters. The van der Waals surface area contributed by atoms with E-state index >= 15 is 0 Å². The summed E-state index contributed by atoms with van der Waals surface area (Å²) in [5.74, 6) is -0.613. The maximum atomic E-state index is 12.0. The van der Waals surface area contributed by atoms with Gasteiger partial charge in [-0.05, 0) is 32.6 Å². The van der Waals surface area contributed by atoms with Gasteiger partial charge in [-0.1, -0.05) is 0 Å². The van der Waals surface area contributed by atoms with Gasteiger partial charge in [0, 0.05) is 19.1 Å². The van der Waals surface area contributed by atoms with Gasteiger partial charge >= 0.3 is 5.97 Å². The lowest BCUT2D eigenvalue weighted by Crippen LogP contribution is -2.48. The summed E-state index contributed by atoms with van der Waals surface area (Å²) in [4.78, 5) is 11.6. The normalized spacial score (nSPS) is 25.9. The largest absolute Gasteiger partial charge is 0.466 e. The predicted octanol–water partition coefficient (Wildman–Crippen LogP) is 0.258. The van der Waals surface area contributed by atoms with Crippen LogP contribution >= 0.6 is 0 Å². The van der Waals surface area contributed by atoms with E-state index in [1.54, 1.807) is 6.92 Å². The summed E-state index contributed by atoms with van der Waals surface area (Å²) >= 11 is 0. The van der Waals surface area contributed by atoms with E-state index in [4.69, 9.17) is 4.74 Å². The van der Waals surface area contributed by atoms with Crippen molar-refractivity contribution < 1.29 is 17.9 Å². The third-order valence-electron chi connectivity index (χ3n) is 3.24. The molecule has 6 nitrogen and oxygen atoms in total. The van der Waals surface area contributed by atoms with Crippen LogP contribution < -0.4 is 4.72 Å². The second kappa shape index (κ2) is 5.54. The summed E-state index contributed by atoms with van der Waals surface area (Å²) in [7, 11) is -3.43. The van der Waals surface area contributed by atoms with E-state index in [0.717, 1.165) is 12.8 Å². The molecule has 0 spiro atoms. The first-order valence-corrected chi connectivity index (χ1v) is 7.91. The molecule has 0 aromatic rings. The highest BCUT2D eigenvalue weighted by atomic mass is 32.2. The number of esters is 1. The first-order chi connectivity index (χ1) is 8.53. The van der Waals surface area contributed by atoms with Gasteiger partial charge in [0.2, 0.25) is 0 Å². The molecule has 18 heavy (non-hydrogen) atoms. The van der Waals surface area contributed by atoms with Gasteiger partial charge in [0.1, 0.15) is 0 Å². The second-order valence-electron chi connectivity index (χ2n) is 4.85. The van der Waals surface area contributed by atoms with Crippen molar-refractivity contribution in [2.24, 2.45) is 5.92 Å². The molecule has 1 saturated heterocycles. The predicted molar refractivity (Wildman–Crippen MR) is 66.0 cm³/mol. The number of hydrogen-bond donors (Lipinski definition) is 1. The summed E-state index contributed by atoms with van der Waals surface area (Å²) in [5.41, 5.74) is 0. The van der Waals surface area contributed by atoms with Crippen LogP contribution in [-0.4, -0.2) is 44.4 Å². The lowest BCUT2D eigenvalue weighted by Gasteiger charge is -2.30. The lowest BCUT2D eigenvalue weighted by atomic mass is 10.0. The average molecular weight is 276 g/mol. The number of rotatable bonds is 5. The van der Waals surface area contributed by atoms with Crippen molar-refractivity contribution in [3.8, 4) is 0 Å². The van der Waals surface area contributed by atoms with Crippen LogP contribution in [0, 0.1) is 5.92 Å². The molecule has 0 aromatic carbocycles.